The van der Waals surface area contributed by atoms with Gasteiger partial charge in [-0.2, -0.15) is 0 Å². The van der Waals surface area contributed by atoms with Crippen molar-refractivity contribution in [2.24, 2.45) is 5.92 Å². The zero-order valence-corrected chi connectivity index (χ0v) is 17.5. The first-order chi connectivity index (χ1) is 13.2. The summed E-state index contributed by atoms with van der Waals surface area (Å²) in [5.41, 5.74) is -1.44. The number of terminal acetylenes is 1. The van der Waals surface area contributed by atoms with Crippen molar-refractivity contribution in [3.63, 3.8) is 0 Å². The standard InChI is InChI=1S/C21H35NO6/c1-6-9-16(24)10-7-12-21(22-19(25)28-20(2,3)4)13-8-11-18(17(21)14-23)27-15-26-5/h1,14,16-18,24H,7-13,15H2,2-5H3,(H,22,25)/t16-,17+,18-,21+/m0/s1. The molecule has 1 fully saturated rings. The summed E-state index contributed by atoms with van der Waals surface area (Å²) >= 11 is 0. The average molecular weight is 398 g/mol. The van der Waals surface area contributed by atoms with E-state index in [0.717, 1.165) is 12.7 Å². The van der Waals surface area contributed by atoms with Crippen molar-refractivity contribution in [2.75, 3.05) is 13.9 Å². The van der Waals surface area contributed by atoms with Gasteiger partial charge in [0.25, 0.3) is 0 Å². The summed E-state index contributed by atoms with van der Waals surface area (Å²) in [7, 11) is 1.53. The Morgan fingerprint density at radius 2 is 2.18 bits per heavy atom. The highest BCUT2D eigenvalue weighted by Gasteiger charge is 2.47. The molecule has 1 amide bonds. The van der Waals surface area contributed by atoms with E-state index in [1.165, 1.54) is 7.11 Å². The van der Waals surface area contributed by atoms with Gasteiger partial charge in [-0.1, -0.05) is 0 Å². The Balaban J connectivity index is 2.98. The molecule has 0 bridgehead atoms. The molecule has 0 spiro atoms. The third kappa shape index (κ3) is 7.78. The van der Waals surface area contributed by atoms with Crippen LogP contribution in [0.3, 0.4) is 0 Å². The highest BCUT2D eigenvalue weighted by atomic mass is 16.7. The number of aldehydes is 1. The first-order valence-corrected chi connectivity index (χ1v) is 9.86. The number of aliphatic hydroxyl groups is 1. The Morgan fingerprint density at radius 1 is 1.46 bits per heavy atom. The molecule has 28 heavy (non-hydrogen) atoms. The molecule has 1 aliphatic rings. The number of carbonyl (C=O) groups excluding carboxylic acids is 2. The number of nitrogens with one attached hydrogen (secondary N) is 1. The van der Waals surface area contributed by atoms with Crippen LogP contribution in [-0.4, -0.2) is 54.7 Å². The molecule has 0 saturated heterocycles. The van der Waals surface area contributed by atoms with Gasteiger partial charge in [-0.05, 0) is 59.3 Å². The second-order valence-corrected chi connectivity index (χ2v) is 8.40. The van der Waals surface area contributed by atoms with Gasteiger partial charge in [-0.15, -0.1) is 12.3 Å². The van der Waals surface area contributed by atoms with Crippen LogP contribution in [-0.2, 0) is 19.0 Å². The van der Waals surface area contributed by atoms with Gasteiger partial charge in [0.05, 0.1) is 23.7 Å². The van der Waals surface area contributed by atoms with Crippen LogP contribution in [0, 0.1) is 18.3 Å². The molecular weight excluding hydrogens is 362 g/mol. The number of rotatable bonds is 10. The molecule has 1 rings (SSSR count). The van der Waals surface area contributed by atoms with Crippen LogP contribution in [0.5, 0.6) is 0 Å². The van der Waals surface area contributed by atoms with E-state index in [1.54, 1.807) is 20.8 Å². The summed E-state index contributed by atoms with van der Waals surface area (Å²) in [5.74, 6) is 1.91. The Kier molecular flexibility index (Phi) is 9.94. The molecule has 0 unspecified atom stereocenters. The van der Waals surface area contributed by atoms with Crippen molar-refractivity contribution in [1.29, 1.82) is 0 Å². The van der Waals surface area contributed by atoms with Gasteiger partial charge in [0.15, 0.2) is 0 Å². The summed E-state index contributed by atoms with van der Waals surface area (Å²) in [5, 5.41) is 12.9. The van der Waals surface area contributed by atoms with Crippen LogP contribution in [0.2, 0.25) is 0 Å². The lowest BCUT2D eigenvalue weighted by Gasteiger charge is -2.46. The average Bonchev–Trinajstić information content (AvgIpc) is 2.58. The first-order valence-electron chi connectivity index (χ1n) is 9.86. The van der Waals surface area contributed by atoms with E-state index in [1.807, 2.05) is 0 Å². The number of amides is 1. The van der Waals surface area contributed by atoms with Crippen molar-refractivity contribution in [3.8, 4) is 12.3 Å². The summed E-state index contributed by atoms with van der Waals surface area (Å²) in [6.45, 7) is 5.45. The van der Waals surface area contributed by atoms with Crippen LogP contribution in [0.4, 0.5) is 4.79 Å². The number of methoxy groups -OCH3 is 1. The predicted molar refractivity (Wildman–Crippen MR) is 106 cm³/mol. The van der Waals surface area contributed by atoms with E-state index in [2.05, 4.69) is 11.2 Å². The topological polar surface area (TPSA) is 94.1 Å². The minimum atomic E-state index is -0.795. The van der Waals surface area contributed by atoms with Crippen molar-refractivity contribution in [3.05, 3.63) is 0 Å². The molecule has 0 aromatic heterocycles. The van der Waals surface area contributed by atoms with E-state index in [9.17, 15) is 14.7 Å². The smallest absolute Gasteiger partial charge is 0.408 e. The maximum atomic E-state index is 12.5. The molecule has 0 aromatic carbocycles. The van der Waals surface area contributed by atoms with Gasteiger partial charge in [0.1, 0.15) is 18.7 Å². The van der Waals surface area contributed by atoms with Gasteiger partial charge < -0.3 is 29.4 Å². The number of hydrogen-bond acceptors (Lipinski definition) is 6. The summed E-state index contributed by atoms with van der Waals surface area (Å²) in [4.78, 5) is 24.5. The minimum absolute atomic E-state index is 0.0818. The zero-order chi connectivity index (χ0) is 21.2. The summed E-state index contributed by atoms with van der Waals surface area (Å²) in [6.07, 6.45) is 8.64. The van der Waals surface area contributed by atoms with E-state index >= 15 is 0 Å². The van der Waals surface area contributed by atoms with Crippen molar-refractivity contribution >= 4 is 12.4 Å². The zero-order valence-electron chi connectivity index (χ0n) is 17.5. The van der Waals surface area contributed by atoms with Gasteiger partial charge >= 0.3 is 6.09 Å². The quantitative estimate of drug-likeness (QED) is 0.334. The van der Waals surface area contributed by atoms with Crippen LogP contribution >= 0.6 is 0 Å². The maximum absolute atomic E-state index is 12.5. The van der Waals surface area contributed by atoms with Crippen molar-refractivity contribution in [2.45, 2.75) is 89.1 Å². The molecule has 160 valence electrons. The normalized spacial score (nSPS) is 26.1. The SMILES string of the molecule is C#CC[C@H](O)CCC[C@@]1(NC(=O)OC(C)(C)C)CCC[C@H](OCOC)[C@H]1C=O. The number of aliphatic hydroxyl groups excluding tert-OH is 1. The Hall–Kier alpha value is -1.62. The lowest BCUT2D eigenvalue weighted by molar-refractivity contribution is -0.139. The number of hydrogen-bond donors (Lipinski definition) is 2. The van der Waals surface area contributed by atoms with Gasteiger partial charge in [0.2, 0.25) is 0 Å². The van der Waals surface area contributed by atoms with Gasteiger partial charge in [-0.3, -0.25) is 0 Å². The van der Waals surface area contributed by atoms with Crippen molar-refractivity contribution in [1.82, 2.24) is 5.32 Å². The second-order valence-electron chi connectivity index (χ2n) is 8.40. The largest absolute Gasteiger partial charge is 0.444 e. The number of carbonyl (C=O) groups is 2. The summed E-state index contributed by atoms with van der Waals surface area (Å²) in [6, 6.07) is 0. The molecular formula is C21H35NO6. The van der Waals surface area contributed by atoms with E-state index < -0.39 is 29.3 Å². The van der Waals surface area contributed by atoms with Gasteiger partial charge in [0, 0.05) is 13.5 Å². The molecule has 0 aliphatic heterocycles. The molecule has 7 nitrogen and oxygen atoms in total. The fourth-order valence-corrected chi connectivity index (χ4v) is 3.78. The third-order valence-corrected chi connectivity index (χ3v) is 4.96. The fourth-order valence-electron chi connectivity index (χ4n) is 3.78. The lowest BCUT2D eigenvalue weighted by atomic mass is 9.69. The highest BCUT2D eigenvalue weighted by Crippen LogP contribution is 2.39. The highest BCUT2D eigenvalue weighted by molar-refractivity contribution is 5.70. The Bertz CT molecular complexity index is 538. The molecule has 1 aliphatic carbocycles. The molecule has 0 radical (unpaired) electrons. The Labute approximate surface area is 168 Å². The van der Waals surface area contributed by atoms with Crippen LogP contribution in [0.25, 0.3) is 0 Å². The lowest BCUT2D eigenvalue weighted by Crippen LogP contribution is -2.60. The van der Waals surface area contributed by atoms with Gasteiger partial charge in [-0.25, -0.2) is 4.79 Å². The molecule has 2 N–H and O–H groups in total. The monoisotopic (exact) mass is 397 g/mol. The van der Waals surface area contributed by atoms with Crippen LogP contribution in [0.15, 0.2) is 0 Å². The summed E-state index contributed by atoms with van der Waals surface area (Å²) < 4.78 is 16.1. The molecule has 7 heteroatoms. The number of ether oxygens (including phenoxy) is 3. The molecule has 0 aromatic rings. The van der Waals surface area contributed by atoms with E-state index in [-0.39, 0.29) is 19.3 Å². The Morgan fingerprint density at radius 3 is 2.75 bits per heavy atom. The third-order valence-electron chi connectivity index (χ3n) is 4.96. The predicted octanol–water partition coefficient (Wildman–Crippen LogP) is 2.79. The molecule has 1 saturated carbocycles. The van der Waals surface area contributed by atoms with Crippen LogP contribution < -0.4 is 5.32 Å². The van der Waals surface area contributed by atoms with Crippen molar-refractivity contribution < 1.29 is 28.9 Å². The van der Waals surface area contributed by atoms with E-state index in [0.29, 0.717) is 32.1 Å². The fraction of sp³-hybridized carbons (Fsp3) is 0.810. The second kappa shape index (κ2) is 11.4. The minimum Gasteiger partial charge on any atom is -0.444 e. The van der Waals surface area contributed by atoms with Crippen LogP contribution in [0.1, 0.15) is 65.7 Å². The first kappa shape index (κ1) is 24.4. The van der Waals surface area contributed by atoms with E-state index in [4.69, 9.17) is 20.6 Å². The number of alkyl carbamates (subject to hydrolysis) is 1. The maximum Gasteiger partial charge on any atom is 0.408 e. The molecule has 4 atom stereocenters. The molecule has 0 heterocycles.